The van der Waals surface area contributed by atoms with Gasteiger partial charge in [0.25, 0.3) is 10.1 Å². The second kappa shape index (κ2) is 3.81. The fourth-order valence-electron chi connectivity index (χ4n) is 0. The molecule has 0 aliphatic carbocycles. The molecule has 0 heterocycles. The Labute approximate surface area is 57.5 Å². The summed E-state index contributed by atoms with van der Waals surface area (Å²) in [6.45, 7) is 0. The van der Waals surface area contributed by atoms with Crippen molar-refractivity contribution in [2.24, 2.45) is 0 Å². The smallest absolute Gasteiger partial charge is 0.286 e. The van der Waals surface area contributed by atoms with Crippen LogP contribution in [0, 0.1) is 0 Å². The van der Waals surface area contributed by atoms with Crippen LogP contribution in [0.3, 0.4) is 0 Å². The lowest BCUT2D eigenvalue weighted by Crippen LogP contribution is -1.88. The van der Waals surface area contributed by atoms with Gasteiger partial charge < -0.3 is 0 Å². The summed E-state index contributed by atoms with van der Waals surface area (Å²) in [4.78, 5) is 0. The molecule has 0 aromatic rings. The van der Waals surface area contributed by atoms with Crippen molar-refractivity contribution in [3.05, 3.63) is 0 Å². The van der Waals surface area contributed by atoms with E-state index in [1.54, 1.807) is 0 Å². The molecule has 0 aromatic heterocycles. The lowest BCUT2D eigenvalue weighted by atomic mass is 12.0. The highest BCUT2D eigenvalue weighted by Crippen LogP contribution is 1.74. The molecule has 0 amide bonds. The molecule has 0 saturated heterocycles. The van der Waals surface area contributed by atoms with Crippen molar-refractivity contribution in [2.75, 3.05) is 6.26 Å². The summed E-state index contributed by atoms with van der Waals surface area (Å²) in [6.07, 6.45) is 0.715. The molecule has 0 radical (unpaired) electrons. The maximum absolute atomic E-state index is 10.2. The van der Waals surface area contributed by atoms with Crippen LogP contribution in [-0.2, 0) is 20.6 Å². The quantitative estimate of drug-likeness (QED) is 0.390. The van der Waals surface area contributed by atoms with E-state index in [-0.39, 0.29) is 0 Å². The van der Waals surface area contributed by atoms with Crippen molar-refractivity contribution in [1.82, 2.24) is 0 Å². The molecular weight excluding hydrogens is 191 g/mol. The van der Waals surface area contributed by atoms with E-state index in [2.05, 4.69) is 0 Å². The van der Waals surface area contributed by atoms with Gasteiger partial charge in [0, 0.05) is 0 Å². The van der Waals surface area contributed by atoms with Crippen LogP contribution in [0.1, 0.15) is 0 Å². The van der Waals surface area contributed by atoms with E-state index < -0.39 is 20.6 Å². The van der Waals surface area contributed by atoms with Gasteiger partial charge in [-0.2, -0.15) is 16.8 Å². The molecule has 0 saturated carbocycles. The Morgan fingerprint density at radius 2 is 1.10 bits per heavy atom. The van der Waals surface area contributed by atoms with Crippen molar-refractivity contribution in [3.8, 4) is 0 Å². The van der Waals surface area contributed by atoms with Gasteiger partial charge in [-0.3, -0.25) is 9.11 Å². The zero-order chi connectivity index (χ0) is 9.00. The molecule has 0 aliphatic heterocycles. The van der Waals surface area contributed by atoms with Crippen LogP contribution >= 0.6 is 0 Å². The zero-order valence-corrected chi connectivity index (χ0v) is 6.35. The lowest BCUT2D eigenvalue weighted by Gasteiger charge is -1.69. The Bertz CT molecular complexity index is 212. The molecule has 0 fully saturated rings. The van der Waals surface area contributed by atoms with Crippen molar-refractivity contribution < 1.29 is 29.8 Å². The first-order valence-electron chi connectivity index (χ1n) is 1.59. The minimum atomic E-state index is -5.17. The van der Waals surface area contributed by atoms with Crippen LogP contribution in [0.4, 0.5) is 3.89 Å². The second-order valence-electron chi connectivity index (χ2n) is 1.15. The molecule has 0 atom stereocenters. The predicted molar refractivity (Wildman–Crippen MR) is 30.1 cm³/mol. The number of hydrogen-bond acceptors (Lipinski definition) is 4. The van der Waals surface area contributed by atoms with Gasteiger partial charge in [0.1, 0.15) is 0 Å². The van der Waals surface area contributed by atoms with Crippen LogP contribution in [0.5, 0.6) is 0 Å². The molecule has 0 bridgehead atoms. The third kappa shape index (κ3) is 5650. The maximum Gasteiger partial charge on any atom is 0.435 e. The monoisotopic (exact) mass is 196 g/mol. The minimum Gasteiger partial charge on any atom is -0.286 e. The summed E-state index contributed by atoms with van der Waals surface area (Å²) in [5.41, 5.74) is 0. The van der Waals surface area contributed by atoms with E-state index in [9.17, 15) is 12.3 Å². The van der Waals surface area contributed by atoms with E-state index in [0.717, 1.165) is 0 Å². The summed E-state index contributed by atoms with van der Waals surface area (Å²) in [6, 6.07) is 0. The largest absolute Gasteiger partial charge is 0.435 e. The Hall–Kier alpha value is -0.250. The van der Waals surface area contributed by atoms with Crippen LogP contribution in [0.25, 0.3) is 0 Å². The van der Waals surface area contributed by atoms with Crippen molar-refractivity contribution >= 4 is 20.6 Å². The average Bonchev–Trinajstić information content (AvgIpc) is 1.12. The first kappa shape index (κ1) is 12.4. The van der Waals surface area contributed by atoms with Gasteiger partial charge in [-0.1, -0.05) is 3.89 Å². The SMILES string of the molecule is CS(=O)(=O)O.O=S(=O)(O)F. The van der Waals surface area contributed by atoms with E-state index in [1.165, 1.54) is 0 Å². The molecule has 6 nitrogen and oxygen atoms in total. The molecule has 64 valence electrons. The second-order valence-corrected chi connectivity index (χ2v) is 3.44. The van der Waals surface area contributed by atoms with Gasteiger partial charge in [-0.25, -0.2) is 0 Å². The predicted octanol–water partition coefficient (Wildman–Crippen LogP) is -0.737. The molecule has 0 spiro atoms. The highest BCUT2D eigenvalue weighted by Gasteiger charge is 1.89. The van der Waals surface area contributed by atoms with Crippen LogP contribution in [0.15, 0.2) is 0 Å². The standard InChI is InChI=1S/CH4O3S.FHO3S/c2*1-5(2,3)4/h1H3,(H,2,3,4);(H,2,3,4). The minimum absolute atomic E-state index is 0.715. The Morgan fingerprint density at radius 1 is 1.10 bits per heavy atom. The number of halogens is 1. The molecule has 0 aliphatic rings. The number of hydrogen-bond donors (Lipinski definition) is 2. The molecule has 0 unspecified atom stereocenters. The first-order valence-corrected chi connectivity index (χ1v) is 4.78. The summed E-state index contributed by atoms with van der Waals surface area (Å²) in [7, 11) is -8.83. The Balaban J connectivity index is 0. The molecule has 10 heavy (non-hydrogen) atoms. The fraction of sp³-hybridized carbons (Fsp3) is 1.00. The Kier molecular flexibility index (Phi) is 4.73. The maximum atomic E-state index is 10.2. The van der Waals surface area contributed by atoms with E-state index >= 15 is 0 Å². The lowest BCUT2D eigenvalue weighted by molar-refractivity contribution is 0.435. The van der Waals surface area contributed by atoms with Gasteiger partial charge >= 0.3 is 10.5 Å². The van der Waals surface area contributed by atoms with Gasteiger partial charge in [0.05, 0.1) is 6.26 Å². The van der Waals surface area contributed by atoms with Crippen LogP contribution in [-0.4, -0.2) is 32.2 Å². The molecule has 9 heteroatoms. The molecule has 0 aromatic carbocycles. The van der Waals surface area contributed by atoms with Gasteiger partial charge in [-0.05, 0) is 0 Å². The summed E-state index contributed by atoms with van der Waals surface area (Å²) < 4.78 is 60.0. The van der Waals surface area contributed by atoms with Gasteiger partial charge in [0.15, 0.2) is 0 Å². The van der Waals surface area contributed by atoms with E-state index in [4.69, 9.17) is 17.5 Å². The normalized spacial score (nSPS) is 11.6. The van der Waals surface area contributed by atoms with Crippen molar-refractivity contribution in [3.63, 3.8) is 0 Å². The third-order valence-electron chi connectivity index (χ3n) is 0. The summed E-state index contributed by atoms with van der Waals surface area (Å²) in [5.74, 6) is 0. The highest BCUT2D eigenvalue weighted by atomic mass is 32.3. The van der Waals surface area contributed by atoms with Gasteiger partial charge in [0.2, 0.25) is 0 Å². The zero-order valence-electron chi connectivity index (χ0n) is 4.72. The first-order chi connectivity index (χ1) is 4.00. The fourth-order valence-corrected chi connectivity index (χ4v) is 0. The third-order valence-corrected chi connectivity index (χ3v) is 0. The highest BCUT2D eigenvalue weighted by molar-refractivity contribution is 7.85. The Morgan fingerprint density at radius 3 is 1.10 bits per heavy atom. The van der Waals surface area contributed by atoms with Crippen molar-refractivity contribution in [1.29, 1.82) is 0 Å². The molecule has 2 N–H and O–H groups in total. The number of rotatable bonds is 0. The van der Waals surface area contributed by atoms with Crippen molar-refractivity contribution in [2.45, 2.75) is 0 Å². The topological polar surface area (TPSA) is 109 Å². The van der Waals surface area contributed by atoms with Crippen LogP contribution in [0.2, 0.25) is 0 Å². The van der Waals surface area contributed by atoms with Crippen LogP contribution < -0.4 is 0 Å². The van der Waals surface area contributed by atoms with Gasteiger partial charge in [-0.15, -0.1) is 0 Å². The van der Waals surface area contributed by atoms with E-state index in [0.29, 0.717) is 6.26 Å². The van der Waals surface area contributed by atoms with E-state index in [1.807, 2.05) is 0 Å². The summed E-state index contributed by atoms with van der Waals surface area (Å²) >= 11 is 0. The summed E-state index contributed by atoms with van der Waals surface area (Å²) in [5, 5.41) is 0. The molecular formula is CH5FO6S2. The molecule has 0 rings (SSSR count). The average molecular weight is 196 g/mol.